The Kier molecular flexibility index (Phi) is 6.06. The van der Waals surface area contributed by atoms with Crippen LogP contribution >= 0.6 is 0 Å². The van der Waals surface area contributed by atoms with Gasteiger partial charge in [-0.05, 0) is 32.3 Å². The summed E-state index contributed by atoms with van der Waals surface area (Å²) in [6, 6.07) is 10.1. The zero-order valence-corrected chi connectivity index (χ0v) is 19.6. The number of hydrogen-bond donors (Lipinski definition) is 0. The number of cyclic esters (lactones) is 1. The summed E-state index contributed by atoms with van der Waals surface area (Å²) in [7, 11) is 0. The first kappa shape index (κ1) is 22.8. The largest absolute Gasteiger partial charge is 0.459 e. The van der Waals surface area contributed by atoms with Crippen LogP contribution in [-0.2, 0) is 20.9 Å². The predicted molar refractivity (Wildman–Crippen MR) is 122 cm³/mol. The van der Waals surface area contributed by atoms with Gasteiger partial charge in [-0.15, -0.1) is 10.2 Å². The Labute approximate surface area is 201 Å². The number of esters is 1. The molecular formula is C24H26N6O5. The highest BCUT2D eigenvalue weighted by atomic mass is 16.6. The third kappa shape index (κ3) is 4.41. The minimum absolute atomic E-state index is 0.0380. The monoisotopic (exact) mass is 478 g/mol. The third-order valence-corrected chi connectivity index (χ3v) is 6.48. The van der Waals surface area contributed by atoms with E-state index in [0.717, 1.165) is 11.3 Å². The maximum Gasteiger partial charge on any atom is 0.410 e. The average molecular weight is 479 g/mol. The van der Waals surface area contributed by atoms with Crippen molar-refractivity contribution in [2.45, 2.75) is 45.4 Å². The van der Waals surface area contributed by atoms with Crippen molar-refractivity contribution in [2.24, 2.45) is 0 Å². The number of nitrogens with zero attached hydrogens (tertiary/aromatic N) is 6. The maximum atomic E-state index is 13.2. The molecule has 182 valence electrons. The van der Waals surface area contributed by atoms with Crippen molar-refractivity contribution >= 4 is 23.6 Å². The number of benzene rings is 1. The van der Waals surface area contributed by atoms with Gasteiger partial charge in [-0.1, -0.05) is 30.3 Å². The summed E-state index contributed by atoms with van der Waals surface area (Å²) in [5.41, 5.74) is 3.13. The van der Waals surface area contributed by atoms with Crippen LogP contribution in [0, 0.1) is 13.8 Å². The summed E-state index contributed by atoms with van der Waals surface area (Å²) in [6.07, 6.45) is 0.496. The molecule has 0 aliphatic carbocycles. The highest BCUT2D eigenvalue weighted by Gasteiger charge is 2.44. The first-order chi connectivity index (χ1) is 16.9. The van der Waals surface area contributed by atoms with E-state index < -0.39 is 18.1 Å². The topological polar surface area (TPSA) is 119 Å². The molecule has 0 radical (unpaired) electrons. The van der Waals surface area contributed by atoms with Gasteiger partial charge in [0.15, 0.2) is 17.4 Å². The van der Waals surface area contributed by atoms with Crippen LogP contribution in [0.15, 0.2) is 36.4 Å². The number of aryl methyl sites for hydroxylation is 2. The number of hydrogen-bond acceptors (Lipinski definition) is 8. The fraction of sp³-hybridized carbons (Fsp3) is 0.417. The van der Waals surface area contributed by atoms with E-state index in [1.54, 1.807) is 22.4 Å². The van der Waals surface area contributed by atoms with E-state index in [4.69, 9.17) is 9.47 Å². The lowest BCUT2D eigenvalue weighted by atomic mass is 10.0. The van der Waals surface area contributed by atoms with Crippen molar-refractivity contribution in [3.63, 3.8) is 0 Å². The normalized spacial score (nSPS) is 18.7. The summed E-state index contributed by atoms with van der Waals surface area (Å²) < 4.78 is 12.3. The van der Waals surface area contributed by atoms with E-state index in [0.29, 0.717) is 37.3 Å². The van der Waals surface area contributed by atoms with E-state index >= 15 is 0 Å². The van der Waals surface area contributed by atoms with Crippen LogP contribution in [0.2, 0.25) is 0 Å². The van der Waals surface area contributed by atoms with Gasteiger partial charge in [0.25, 0.3) is 5.91 Å². The number of ether oxygens (including phenoxy) is 2. The highest BCUT2D eigenvalue weighted by molar-refractivity contribution is 5.93. The third-order valence-electron chi connectivity index (χ3n) is 6.48. The van der Waals surface area contributed by atoms with E-state index in [1.165, 1.54) is 4.90 Å². The Morgan fingerprint density at radius 1 is 1.11 bits per heavy atom. The number of fused-ring (bicyclic) bond motifs is 1. The molecule has 1 unspecified atom stereocenters. The molecule has 35 heavy (non-hydrogen) atoms. The molecule has 0 N–H and O–H groups in total. The average Bonchev–Trinajstić information content (AvgIpc) is 3.45. The number of amides is 2. The molecule has 1 atom stereocenters. The number of rotatable bonds is 5. The fourth-order valence-electron chi connectivity index (χ4n) is 4.61. The lowest BCUT2D eigenvalue weighted by molar-refractivity contribution is -0.150. The summed E-state index contributed by atoms with van der Waals surface area (Å²) in [4.78, 5) is 41.5. The van der Waals surface area contributed by atoms with E-state index in [-0.39, 0.29) is 30.9 Å². The first-order valence-corrected chi connectivity index (χ1v) is 11.6. The maximum absolute atomic E-state index is 13.2. The number of likely N-dealkylation sites (tertiary alicyclic amines) is 1. The van der Waals surface area contributed by atoms with Gasteiger partial charge < -0.3 is 14.4 Å². The molecule has 1 aromatic carbocycles. The molecule has 0 spiro atoms. The van der Waals surface area contributed by atoms with Crippen LogP contribution < -0.4 is 0 Å². The van der Waals surface area contributed by atoms with Gasteiger partial charge in [0.2, 0.25) is 0 Å². The summed E-state index contributed by atoms with van der Waals surface area (Å²) in [5, 5.41) is 12.6. The molecule has 3 aromatic rings. The van der Waals surface area contributed by atoms with Gasteiger partial charge >= 0.3 is 12.1 Å². The van der Waals surface area contributed by atoms with E-state index in [2.05, 4.69) is 15.3 Å². The zero-order chi connectivity index (χ0) is 24.5. The highest BCUT2D eigenvalue weighted by Crippen LogP contribution is 2.26. The second kappa shape index (κ2) is 9.32. The Balaban J connectivity index is 1.22. The van der Waals surface area contributed by atoms with Crippen molar-refractivity contribution in [3.05, 3.63) is 59.0 Å². The van der Waals surface area contributed by atoms with Crippen LogP contribution in [0.3, 0.4) is 0 Å². The van der Waals surface area contributed by atoms with Crippen LogP contribution in [-0.4, -0.2) is 79.4 Å². The molecule has 11 heteroatoms. The Morgan fingerprint density at radius 3 is 2.60 bits per heavy atom. The number of carbonyl (C=O) groups excluding carboxylic acids is 3. The quantitative estimate of drug-likeness (QED) is 0.510. The second-order valence-corrected chi connectivity index (χ2v) is 8.81. The smallest absolute Gasteiger partial charge is 0.410 e. The van der Waals surface area contributed by atoms with Gasteiger partial charge in [0.05, 0.1) is 11.4 Å². The van der Waals surface area contributed by atoms with Crippen LogP contribution in [0.4, 0.5) is 4.79 Å². The van der Waals surface area contributed by atoms with Crippen molar-refractivity contribution in [2.75, 3.05) is 19.7 Å². The molecule has 4 heterocycles. The molecule has 2 aliphatic rings. The fourth-order valence-corrected chi connectivity index (χ4v) is 4.61. The number of aromatic nitrogens is 4. The van der Waals surface area contributed by atoms with Crippen molar-refractivity contribution in [1.82, 2.24) is 29.6 Å². The standard InChI is InChI=1S/C24H26N6O5/c1-15-12-20-25-26-21(16(2)30(20)27-15)22(31)28-10-8-18(9-11-28)29-19(14-35-24(29)33)23(32)34-13-17-6-4-3-5-7-17/h3-7,12,18-19H,8-11,13-14H2,1-2H3. The second-order valence-electron chi connectivity index (χ2n) is 8.81. The first-order valence-electron chi connectivity index (χ1n) is 11.6. The predicted octanol–water partition coefficient (Wildman–Crippen LogP) is 1.91. The number of carbonyl (C=O) groups is 3. The van der Waals surface area contributed by atoms with Gasteiger partial charge in [0.1, 0.15) is 13.2 Å². The van der Waals surface area contributed by atoms with E-state index in [9.17, 15) is 14.4 Å². The summed E-state index contributed by atoms with van der Waals surface area (Å²) >= 11 is 0. The zero-order valence-electron chi connectivity index (χ0n) is 19.6. The molecule has 2 aliphatic heterocycles. The van der Waals surface area contributed by atoms with Gasteiger partial charge in [-0.3, -0.25) is 9.69 Å². The Bertz CT molecular complexity index is 1270. The Hall–Kier alpha value is -4.02. The molecule has 2 amide bonds. The molecule has 0 bridgehead atoms. The lowest BCUT2D eigenvalue weighted by Gasteiger charge is -2.37. The van der Waals surface area contributed by atoms with Crippen molar-refractivity contribution < 1.29 is 23.9 Å². The number of piperidine rings is 1. The van der Waals surface area contributed by atoms with Crippen molar-refractivity contribution in [1.29, 1.82) is 0 Å². The summed E-state index contributed by atoms with van der Waals surface area (Å²) in [6.45, 7) is 4.57. The molecule has 2 saturated heterocycles. The van der Waals surface area contributed by atoms with Crippen LogP contribution in [0.5, 0.6) is 0 Å². The van der Waals surface area contributed by atoms with Gasteiger partial charge in [0, 0.05) is 25.2 Å². The van der Waals surface area contributed by atoms with Gasteiger partial charge in [-0.25, -0.2) is 14.1 Å². The Morgan fingerprint density at radius 2 is 1.86 bits per heavy atom. The summed E-state index contributed by atoms with van der Waals surface area (Å²) in [5.74, 6) is -0.724. The molecule has 5 rings (SSSR count). The van der Waals surface area contributed by atoms with Crippen LogP contribution in [0.25, 0.3) is 5.65 Å². The molecule has 2 aromatic heterocycles. The SMILES string of the molecule is Cc1cc2nnc(C(=O)N3CCC(N4C(=O)OCC4C(=O)OCc4ccccc4)CC3)c(C)n2n1. The molecule has 2 fully saturated rings. The molecule has 0 saturated carbocycles. The van der Waals surface area contributed by atoms with Gasteiger partial charge in [-0.2, -0.15) is 5.10 Å². The molecule has 11 nitrogen and oxygen atoms in total. The lowest BCUT2D eigenvalue weighted by Crippen LogP contribution is -2.52. The van der Waals surface area contributed by atoms with E-state index in [1.807, 2.05) is 37.3 Å². The van der Waals surface area contributed by atoms with Crippen LogP contribution in [0.1, 0.15) is 40.3 Å². The molecular weight excluding hydrogens is 452 g/mol. The van der Waals surface area contributed by atoms with Crippen molar-refractivity contribution in [3.8, 4) is 0 Å². The minimum atomic E-state index is -0.794. The minimum Gasteiger partial charge on any atom is -0.459 e.